The molecule has 1 aromatic rings. The Morgan fingerprint density at radius 1 is 1.64 bits per heavy atom. The molecule has 1 amide bonds. The number of hydroxylamine groups is 2. The maximum absolute atomic E-state index is 11.7. The van der Waals surface area contributed by atoms with E-state index in [1.54, 1.807) is 0 Å². The second-order valence-electron chi connectivity index (χ2n) is 2.99. The molecule has 0 aliphatic carbocycles. The van der Waals surface area contributed by atoms with Gasteiger partial charge in [0.1, 0.15) is 5.75 Å². The van der Waals surface area contributed by atoms with Crippen LogP contribution in [-0.2, 0) is 4.84 Å². The first-order valence-corrected chi connectivity index (χ1v) is 4.37. The smallest absolute Gasteiger partial charge is 0.281 e. The van der Waals surface area contributed by atoms with E-state index < -0.39 is 0 Å². The monoisotopic (exact) mass is 194 g/mol. The van der Waals surface area contributed by atoms with Gasteiger partial charge in [0, 0.05) is 6.20 Å². The first-order chi connectivity index (χ1) is 6.79. The summed E-state index contributed by atoms with van der Waals surface area (Å²) in [6.07, 6.45) is 3.53. The number of pyridine rings is 1. The Kier molecular flexibility index (Phi) is 2.32. The molecule has 0 saturated carbocycles. The summed E-state index contributed by atoms with van der Waals surface area (Å²) in [6, 6.07) is 1.47. The van der Waals surface area contributed by atoms with Crippen LogP contribution in [0.3, 0.4) is 0 Å². The Labute approximate surface area is 80.9 Å². The summed E-state index contributed by atoms with van der Waals surface area (Å²) < 4.78 is 0. The molecule has 1 fully saturated rings. The molecule has 14 heavy (non-hydrogen) atoms. The summed E-state index contributed by atoms with van der Waals surface area (Å²) in [4.78, 5) is 20.4. The fourth-order valence-corrected chi connectivity index (χ4v) is 1.31. The lowest BCUT2D eigenvalue weighted by Gasteiger charge is -2.13. The molecule has 1 aromatic heterocycles. The van der Waals surface area contributed by atoms with Crippen LogP contribution in [0, 0.1) is 0 Å². The standard InChI is InChI=1S/C9H10N2O3/c12-8-6-10-3-2-7(8)9(13)11-4-1-5-14-11/h2-3,6,12H,1,4-5H2. The minimum Gasteiger partial charge on any atom is -0.505 e. The van der Waals surface area contributed by atoms with Crippen molar-refractivity contribution >= 4 is 5.91 Å². The molecule has 1 aliphatic rings. The topological polar surface area (TPSA) is 62.7 Å². The van der Waals surface area contributed by atoms with Crippen LogP contribution in [0.2, 0.25) is 0 Å². The van der Waals surface area contributed by atoms with Gasteiger partial charge in [-0.15, -0.1) is 0 Å². The van der Waals surface area contributed by atoms with E-state index in [4.69, 9.17) is 4.84 Å². The lowest BCUT2D eigenvalue weighted by molar-refractivity contribution is -0.0769. The van der Waals surface area contributed by atoms with E-state index in [9.17, 15) is 9.90 Å². The molecular formula is C9H10N2O3. The number of carbonyl (C=O) groups excluding carboxylic acids is 1. The van der Waals surface area contributed by atoms with E-state index in [1.165, 1.54) is 23.5 Å². The van der Waals surface area contributed by atoms with Gasteiger partial charge in [-0.2, -0.15) is 0 Å². The normalized spacial score (nSPS) is 15.9. The Bertz CT molecular complexity index is 348. The number of hydrogen-bond donors (Lipinski definition) is 1. The van der Waals surface area contributed by atoms with E-state index in [2.05, 4.69) is 4.98 Å². The average molecular weight is 194 g/mol. The molecule has 74 valence electrons. The summed E-state index contributed by atoms with van der Waals surface area (Å²) in [5.41, 5.74) is 0.224. The van der Waals surface area contributed by atoms with Crippen molar-refractivity contribution in [1.82, 2.24) is 10.0 Å². The van der Waals surface area contributed by atoms with E-state index in [1.807, 2.05) is 0 Å². The Morgan fingerprint density at radius 2 is 2.50 bits per heavy atom. The number of rotatable bonds is 1. The van der Waals surface area contributed by atoms with Crippen molar-refractivity contribution in [2.75, 3.05) is 13.2 Å². The second-order valence-corrected chi connectivity index (χ2v) is 2.99. The molecule has 0 radical (unpaired) electrons. The molecule has 1 N–H and O–H groups in total. The zero-order chi connectivity index (χ0) is 9.97. The molecule has 0 unspecified atom stereocenters. The number of carbonyl (C=O) groups is 1. The highest BCUT2D eigenvalue weighted by molar-refractivity contribution is 5.96. The quantitative estimate of drug-likeness (QED) is 0.709. The highest BCUT2D eigenvalue weighted by Gasteiger charge is 2.22. The van der Waals surface area contributed by atoms with E-state index in [0.717, 1.165) is 6.42 Å². The fraction of sp³-hybridized carbons (Fsp3) is 0.333. The van der Waals surface area contributed by atoms with E-state index >= 15 is 0 Å². The third-order valence-corrected chi connectivity index (χ3v) is 2.01. The SMILES string of the molecule is O=C(c1ccncc1O)N1CCCO1. The molecule has 0 spiro atoms. The van der Waals surface area contributed by atoms with Crippen molar-refractivity contribution in [3.63, 3.8) is 0 Å². The first-order valence-electron chi connectivity index (χ1n) is 4.37. The van der Waals surface area contributed by atoms with Crippen LogP contribution in [0.4, 0.5) is 0 Å². The van der Waals surface area contributed by atoms with Crippen LogP contribution < -0.4 is 0 Å². The van der Waals surface area contributed by atoms with Crippen LogP contribution in [0.15, 0.2) is 18.5 Å². The Hall–Kier alpha value is -1.62. The highest BCUT2D eigenvalue weighted by Crippen LogP contribution is 2.18. The Morgan fingerprint density at radius 3 is 3.14 bits per heavy atom. The molecule has 0 bridgehead atoms. The van der Waals surface area contributed by atoms with Gasteiger partial charge in [0.15, 0.2) is 0 Å². The zero-order valence-electron chi connectivity index (χ0n) is 7.51. The number of nitrogens with zero attached hydrogens (tertiary/aromatic N) is 2. The van der Waals surface area contributed by atoms with E-state index in [-0.39, 0.29) is 17.2 Å². The summed E-state index contributed by atoms with van der Waals surface area (Å²) in [5, 5.41) is 10.6. The van der Waals surface area contributed by atoms with Crippen LogP contribution in [0.5, 0.6) is 5.75 Å². The first kappa shape index (κ1) is 8.96. The minimum absolute atomic E-state index is 0.118. The molecule has 5 nitrogen and oxygen atoms in total. The molecule has 1 saturated heterocycles. The van der Waals surface area contributed by atoms with Crippen LogP contribution in [0.25, 0.3) is 0 Å². The number of amides is 1. The van der Waals surface area contributed by atoms with Crippen molar-refractivity contribution in [2.24, 2.45) is 0 Å². The third-order valence-electron chi connectivity index (χ3n) is 2.01. The lowest BCUT2D eigenvalue weighted by atomic mass is 10.2. The van der Waals surface area contributed by atoms with Crippen LogP contribution in [-0.4, -0.2) is 34.2 Å². The zero-order valence-corrected chi connectivity index (χ0v) is 7.51. The third kappa shape index (κ3) is 1.54. The van der Waals surface area contributed by atoms with Gasteiger partial charge < -0.3 is 5.11 Å². The predicted octanol–water partition coefficient (Wildman–Crippen LogP) is 0.565. The van der Waals surface area contributed by atoms with Gasteiger partial charge in [0.25, 0.3) is 5.91 Å². The van der Waals surface area contributed by atoms with Gasteiger partial charge in [0.2, 0.25) is 0 Å². The van der Waals surface area contributed by atoms with Crippen molar-refractivity contribution < 1.29 is 14.7 Å². The van der Waals surface area contributed by atoms with Gasteiger partial charge in [-0.3, -0.25) is 14.6 Å². The molecule has 1 aliphatic heterocycles. The maximum atomic E-state index is 11.7. The van der Waals surface area contributed by atoms with Crippen LogP contribution >= 0.6 is 0 Å². The van der Waals surface area contributed by atoms with Crippen molar-refractivity contribution in [2.45, 2.75) is 6.42 Å². The van der Waals surface area contributed by atoms with Gasteiger partial charge >= 0.3 is 0 Å². The number of aromatic nitrogens is 1. The summed E-state index contributed by atoms with van der Waals surface area (Å²) in [6.45, 7) is 1.12. The molecule has 2 rings (SSSR count). The van der Waals surface area contributed by atoms with Gasteiger partial charge in [-0.25, -0.2) is 5.06 Å². The van der Waals surface area contributed by atoms with E-state index in [0.29, 0.717) is 13.2 Å². The van der Waals surface area contributed by atoms with Crippen molar-refractivity contribution in [1.29, 1.82) is 0 Å². The molecule has 5 heteroatoms. The molecule has 0 atom stereocenters. The van der Waals surface area contributed by atoms with Crippen molar-refractivity contribution in [3.8, 4) is 5.75 Å². The van der Waals surface area contributed by atoms with Gasteiger partial charge in [-0.05, 0) is 12.5 Å². The van der Waals surface area contributed by atoms with Gasteiger partial charge in [-0.1, -0.05) is 0 Å². The highest BCUT2D eigenvalue weighted by atomic mass is 16.7. The number of hydrogen-bond acceptors (Lipinski definition) is 4. The molecule has 2 heterocycles. The predicted molar refractivity (Wildman–Crippen MR) is 47.5 cm³/mol. The maximum Gasteiger partial charge on any atom is 0.281 e. The fourth-order valence-electron chi connectivity index (χ4n) is 1.31. The molecular weight excluding hydrogens is 184 g/mol. The second kappa shape index (κ2) is 3.63. The Balaban J connectivity index is 2.22. The van der Waals surface area contributed by atoms with Crippen LogP contribution in [0.1, 0.15) is 16.8 Å². The summed E-state index contributed by atoms with van der Waals surface area (Å²) in [5.74, 6) is -0.435. The summed E-state index contributed by atoms with van der Waals surface area (Å²) in [7, 11) is 0. The number of aromatic hydroxyl groups is 1. The van der Waals surface area contributed by atoms with Crippen molar-refractivity contribution in [3.05, 3.63) is 24.0 Å². The largest absolute Gasteiger partial charge is 0.505 e. The lowest BCUT2D eigenvalue weighted by Crippen LogP contribution is -2.26. The minimum atomic E-state index is -0.317. The molecule has 0 aromatic carbocycles. The summed E-state index contributed by atoms with van der Waals surface area (Å²) >= 11 is 0. The average Bonchev–Trinajstić information content (AvgIpc) is 2.70. The van der Waals surface area contributed by atoms with Gasteiger partial charge in [0.05, 0.1) is 24.9 Å².